The van der Waals surface area contributed by atoms with Crippen LogP contribution in [0.3, 0.4) is 0 Å². The zero-order valence-corrected chi connectivity index (χ0v) is 43.3. The lowest BCUT2D eigenvalue weighted by molar-refractivity contribution is -0.359. The Balaban J connectivity index is 1.81. The molecule has 12 atom stereocenters. The van der Waals surface area contributed by atoms with E-state index in [-0.39, 0.29) is 18.9 Å². The molecule has 0 bridgehead atoms. The summed E-state index contributed by atoms with van der Waals surface area (Å²) in [5.74, 6) is -0.242. The summed E-state index contributed by atoms with van der Waals surface area (Å²) >= 11 is 0. The van der Waals surface area contributed by atoms with Gasteiger partial charge in [-0.25, -0.2) is 0 Å². The van der Waals surface area contributed by atoms with Crippen molar-refractivity contribution in [2.45, 2.75) is 299 Å². The molecule has 0 saturated carbocycles. The van der Waals surface area contributed by atoms with Crippen molar-refractivity contribution in [1.82, 2.24) is 5.32 Å². The smallest absolute Gasteiger partial charge is 0.220 e. The number of allylic oxidation sites excluding steroid dienone is 3. The van der Waals surface area contributed by atoms with E-state index >= 15 is 0 Å². The van der Waals surface area contributed by atoms with Crippen molar-refractivity contribution in [1.29, 1.82) is 0 Å². The predicted molar refractivity (Wildman–Crippen MR) is 272 cm³/mol. The lowest BCUT2D eigenvalue weighted by Gasteiger charge is -2.46. The third-order valence-corrected chi connectivity index (χ3v) is 13.9. The van der Waals surface area contributed by atoms with Crippen LogP contribution in [0.25, 0.3) is 0 Å². The Kier molecular flexibility index (Phi) is 38.6. The van der Waals surface area contributed by atoms with E-state index < -0.39 is 86.8 Å². The molecular formula is C55H103NO13. The molecule has 14 heteroatoms. The van der Waals surface area contributed by atoms with Crippen molar-refractivity contribution in [3.63, 3.8) is 0 Å². The Morgan fingerprint density at radius 2 is 0.913 bits per heavy atom. The van der Waals surface area contributed by atoms with Crippen LogP contribution in [0, 0.1) is 0 Å². The SMILES string of the molecule is CCCCCCCCC/C=C\CCCCCCCCCC(=O)NC(COC1OC(CO)C(OC2OC(CO)C(O)C(O)C2O)C(O)C1O)C(O)/C=C/CCCCCCCCCCCCCCCCC. The number of aliphatic hydroxyl groups excluding tert-OH is 8. The minimum atomic E-state index is -1.79. The van der Waals surface area contributed by atoms with Crippen LogP contribution >= 0.6 is 0 Å². The van der Waals surface area contributed by atoms with Gasteiger partial charge in [-0.3, -0.25) is 4.79 Å². The molecule has 2 rings (SSSR count). The van der Waals surface area contributed by atoms with Gasteiger partial charge in [0.15, 0.2) is 12.6 Å². The second kappa shape index (κ2) is 41.9. The van der Waals surface area contributed by atoms with Crippen LogP contribution < -0.4 is 5.32 Å². The van der Waals surface area contributed by atoms with Gasteiger partial charge >= 0.3 is 0 Å². The topological polar surface area (TPSA) is 228 Å². The number of carbonyl (C=O) groups is 1. The lowest BCUT2D eigenvalue weighted by atomic mass is 9.97. The Morgan fingerprint density at radius 3 is 1.38 bits per heavy atom. The lowest BCUT2D eigenvalue weighted by Crippen LogP contribution is -2.65. The summed E-state index contributed by atoms with van der Waals surface area (Å²) in [4.78, 5) is 13.2. The number of rotatable bonds is 44. The van der Waals surface area contributed by atoms with Crippen LogP contribution in [0.4, 0.5) is 0 Å². The highest BCUT2D eigenvalue weighted by molar-refractivity contribution is 5.76. The van der Waals surface area contributed by atoms with Crippen molar-refractivity contribution in [2.75, 3.05) is 19.8 Å². The molecule has 406 valence electrons. The third kappa shape index (κ3) is 28.5. The fourth-order valence-electron chi connectivity index (χ4n) is 9.29. The number of ether oxygens (including phenoxy) is 4. The number of unbranched alkanes of at least 4 members (excludes halogenated alkanes) is 29. The minimum Gasteiger partial charge on any atom is -0.394 e. The average molecular weight is 986 g/mol. The predicted octanol–water partition coefficient (Wildman–Crippen LogP) is 8.50. The number of aliphatic hydroxyl groups is 8. The minimum absolute atomic E-state index is 0.242. The summed E-state index contributed by atoms with van der Waals surface area (Å²) in [6.45, 7) is 2.80. The largest absolute Gasteiger partial charge is 0.394 e. The Morgan fingerprint density at radius 1 is 0.507 bits per heavy atom. The van der Waals surface area contributed by atoms with E-state index in [9.17, 15) is 45.6 Å². The van der Waals surface area contributed by atoms with Crippen LogP contribution in [0.15, 0.2) is 24.3 Å². The van der Waals surface area contributed by atoms with Gasteiger partial charge in [0.1, 0.15) is 48.8 Å². The number of amides is 1. The van der Waals surface area contributed by atoms with Crippen molar-refractivity contribution in [3.05, 3.63) is 24.3 Å². The molecule has 12 unspecified atom stereocenters. The second-order valence-corrected chi connectivity index (χ2v) is 20.1. The highest BCUT2D eigenvalue weighted by atomic mass is 16.7. The molecule has 2 saturated heterocycles. The van der Waals surface area contributed by atoms with Gasteiger partial charge in [-0.2, -0.15) is 0 Å². The van der Waals surface area contributed by atoms with E-state index in [0.717, 1.165) is 44.9 Å². The van der Waals surface area contributed by atoms with Gasteiger partial charge in [0.05, 0.1) is 32.0 Å². The summed E-state index contributed by atoms with van der Waals surface area (Å²) in [7, 11) is 0. The quantitative estimate of drug-likeness (QED) is 0.0206. The molecule has 0 aromatic heterocycles. The van der Waals surface area contributed by atoms with E-state index in [1.807, 2.05) is 6.08 Å². The molecule has 0 spiro atoms. The van der Waals surface area contributed by atoms with Crippen molar-refractivity contribution in [3.8, 4) is 0 Å². The molecule has 0 aliphatic carbocycles. The zero-order chi connectivity index (χ0) is 50.3. The Labute approximate surface area is 418 Å². The number of hydrogen-bond acceptors (Lipinski definition) is 13. The van der Waals surface area contributed by atoms with Gasteiger partial charge in [-0.15, -0.1) is 0 Å². The van der Waals surface area contributed by atoms with E-state index in [1.54, 1.807) is 6.08 Å². The molecule has 9 N–H and O–H groups in total. The summed E-state index contributed by atoms with van der Waals surface area (Å²) in [5.41, 5.74) is 0. The first-order valence-corrected chi connectivity index (χ1v) is 28.1. The van der Waals surface area contributed by atoms with Gasteiger partial charge in [0, 0.05) is 6.42 Å². The van der Waals surface area contributed by atoms with Gasteiger partial charge in [-0.1, -0.05) is 199 Å². The van der Waals surface area contributed by atoms with Crippen molar-refractivity contribution in [2.24, 2.45) is 0 Å². The van der Waals surface area contributed by atoms with Crippen LogP contribution in [0.5, 0.6) is 0 Å². The molecular weight excluding hydrogens is 883 g/mol. The number of carbonyl (C=O) groups excluding carboxylic acids is 1. The molecule has 2 aliphatic rings. The molecule has 2 aliphatic heterocycles. The van der Waals surface area contributed by atoms with Gasteiger partial charge in [0.2, 0.25) is 5.91 Å². The highest BCUT2D eigenvalue weighted by Crippen LogP contribution is 2.30. The van der Waals surface area contributed by atoms with Crippen molar-refractivity contribution < 1.29 is 64.6 Å². The summed E-state index contributed by atoms with van der Waals surface area (Å²) < 4.78 is 22.7. The molecule has 2 fully saturated rings. The van der Waals surface area contributed by atoms with E-state index in [0.29, 0.717) is 6.42 Å². The summed E-state index contributed by atoms with van der Waals surface area (Å²) in [6.07, 6.45) is 30.6. The van der Waals surface area contributed by atoms with Crippen LogP contribution in [0.1, 0.15) is 226 Å². The van der Waals surface area contributed by atoms with Crippen LogP contribution in [-0.2, 0) is 23.7 Å². The standard InChI is InChI=1S/C55H103NO13/c1-3-5-7-9-11-13-15-17-19-21-23-25-27-29-31-33-35-37-39-47(60)56-43(44(59)38-36-34-32-30-28-26-24-22-20-18-16-14-12-10-8-6-4-2)42-66-54-52(65)50(63)53(46(41-58)68-54)69-55-51(64)49(62)48(61)45(40-57)67-55/h19,21,36,38,43-46,48-55,57-59,61-65H,3-18,20,22-35,37,39-42H2,1-2H3,(H,56,60)/b21-19-,38-36+. The maximum absolute atomic E-state index is 13.2. The second-order valence-electron chi connectivity index (χ2n) is 20.1. The molecule has 0 radical (unpaired) electrons. The summed E-state index contributed by atoms with van der Waals surface area (Å²) in [6, 6.07) is -0.914. The van der Waals surface area contributed by atoms with E-state index in [1.165, 1.54) is 154 Å². The van der Waals surface area contributed by atoms with E-state index in [2.05, 4.69) is 31.3 Å². The fraction of sp³-hybridized carbons (Fsp3) is 0.909. The molecule has 14 nitrogen and oxygen atoms in total. The fourth-order valence-corrected chi connectivity index (χ4v) is 9.29. The maximum atomic E-state index is 13.2. The monoisotopic (exact) mass is 986 g/mol. The first-order valence-electron chi connectivity index (χ1n) is 28.1. The molecule has 1 amide bonds. The molecule has 2 heterocycles. The maximum Gasteiger partial charge on any atom is 0.220 e. The first-order chi connectivity index (χ1) is 33.6. The molecule has 0 aromatic rings. The van der Waals surface area contributed by atoms with Crippen LogP contribution in [0.2, 0.25) is 0 Å². The van der Waals surface area contributed by atoms with Crippen LogP contribution in [-0.4, -0.2) is 140 Å². The normalized spacial score (nSPS) is 26.3. The summed E-state index contributed by atoms with van der Waals surface area (Å²) in [5, 5.41) is 86.9. The number of nitrogens with one attached hydrogen (secondary N) is 1. The average Bonchev–Trinajstić information content (AvgIpc) is 3.35. The van der Waals surface area contributed by atoms with Gasteiger partial charge in [0.25, 0.3) is 0 Å². The Bertz CT molecular complexity index is 1260. The van der Waals surface area contributed by atoms with Gasteiger partial charge < -0.3 is 65.1 Å². The zero-order valence-electron chi connectivity index (χ0n) is 43.3. The van der Waals surface area contributed by atoms with Crippen molar-refractivity contribution >= 4 is 5.91 Å². The number of hydrogen-bond donors (Lipinski definition) is 9. The highest BCUT2D eigenvalue weighted by Gasteiger charge is 2.51. The Hall–Kier alpha value is -1.53. The first kappa shape index (κ1) is 63.6. The van der Waals surface area contributed by atoms with Gasteiger partial charge in [-0.05, 0) is 44.9 Å². The molecule has 69 heavy (non-hydrogen) atoms. The third-order valence-electron chi connectivity index (χ3n) is 13.9. The van der Waals surface area contributed by atoms with E-state index in [4.69, 9.17) is 18.9 Å². The molecule has 0 aromatic carbocycles.